The molecule has 0 fully saturated rings. The van der Waals surface area contributed by atoms with Crippen LogP contribution in [0.2, 0.25) is 0 Å². The Morgan fingerprint density at radius 1 is 1.50 bits per heavy atom. The van der Waals surface area contributed by atoms with Crippen molar-refractivity contribution in [2.24, 2.45) is 0 Å². The minimum absolute atomic E-state index is 0.101. The number of nitro groups is 1. The summed E-state index contributed by atoms with van der Waals surface area (Å²) >= 11 is 0. The molecule has 1 aromatic rings. The molecule has 1 radical (unpaired) electrons. The lowest BCUT2D eigenvalue weighted by atomic mass is 10.2. The number of nitrogens with zero attached hydrogens (tertiary/aromatic N) is 1. The van der Waals surface area contributed by atoms with Gasteiger partial charge in [0.25, 0.3) is 5.69 Å². The minimum atomic E-state index is -0.859. The van der Waals surface area contributed by atoms with Crippen LogP contribution < -0.4 is 0 Å². The molecule has 1 unspecified atom stereocenters. The van der Waals surface area contributed by atoms with Crippen molar-refractivity contribution < 1.29 is 19.6 Å². The first-order chi connectivity index (χ1) is 7.50. The van der Waals surface area contributed by atoms with Crippen molar-refractivity contribution in [1.82, 2.24) is 0 Å². The Bertz CT molecular complexity index is 385. The molecule has 1 atom stereocenters. The molecular formula is C10H10NO5. The fourth-order valence-corrected chi connectivity index (χ4v) is 0.948. The number of non-ortho nitro benzene ring substituents is 1. The van der Waals surface area contributed by atoms with Crippen LogP contribution in [0.5, 0.6) is 0 Å². The van der Waals surface area contributed by atoms with Gasteiger partial charge in [-0.1, -0.05) is 0 Å². The molecule has 0 heterocycles. The van der Waals surface area contributed by atoms with Gasteiger partial charge in [-0.25, -0.2) is 4.79 Å². The van der Waals surface area contributed by atoms with Crippen LogP contribution in [0, 0.1) is 16.7 Å². The number of benzene rings is 1. The molecule has 6 heteroatoms. The maximum Gasteiger partial charge on any atom is 0.338 e. The monoisotopic (exact) mass is 224 g/mol. The number of carbonyl (C=O) groups excluding carboxylic acids is 1. The van der Waals surface area contributed by atoms with Crippen LogP contribution >= 0.6 is 0 Å². The molecule has 6 nitrogen and oxygen atoms in total. The minimum Gasteiger partial charge on any atom is -0.452 e. The molecule has 1 N–H and O–H groups in total. The number of esters is 1. The van der Waals surface area contributed by atoms with Crippen LogP contribution in [-0.2, 0) is 4.74 Å². The molecule has 1 rings (SSSR count). The van der Waals surface area contributed by atoms with Crippen LogP contribution in [-0.4, -0.2) is 22.1 Å². The Kier molecular flexibility index (Phi) is 3.96. The average Bonchev–Trinajstić information content (AvgIpc) is 2.26. The zero-order chi connectivity index (χ0) is 12.1. The van der Waals surface area contributed by atoms with E-state index in [4.69, 9.17) is 5.11 Å². The van der Waals surface area contributed by atoms with Gasteiger partial charge in [-0.15, -0.1) is 0 Å². The van der Waals surface area contributed by atoms with Crippen LogP contribution in [0.15, 0.2) is 24.3 Å². The Hall–Kier alpha value is -1.95. The van der Waals surface area contributed by atoms with Gasteiger partial charge in [0.1, 0.15) is 0 Å². The van der Waals surface area contributed by atoms with Crippen LogP contribution in [0.3, 0.4) is 0 Å². The molecule has 0 aliphatic heterocycles. The second-order valence-corrected chi connectivity index (χ2v) is 3.09. The summed E-state index contributed by atoms with van der Waals surface area (Å²) in [5, 5.41) is 19.2. The highest BCUT2D eigenvalue weighted by Gasteiger charge is 2.11. The predicted octanol–water partition coefficient (Wildman–Crippen LogP) is 1.29. The van der Waals surface area contributed by atoms with Crippen molar-refractivity contribution in [2.45, 2.75) is 13.0 Å². The standard InChI is InChI=1S/C10H10NO5/c1-7(12)6-16-10(13)8-2-4-9(5-3-8)11(14)15/h2-7,12H,1H3. The second kappa shape index (κ2) is 5.22. The number of rotatable bonds is 4. The largest absolute Gasteiger partial charge is 0.452 e. The van der Waals surface area contributed by atoms with E-state index in [2.05, 4.69) is 4.74 Å². The van der Waals surface area contributed by atoms with E-state index in [1.54, 1.807) is 0 Å². The highest BCUT2D eigenvalue weighted by molar-refractivity contribution is 5.89. The molecule has 0 spiro atoms. The number of hydrogen-bond acceptors (Lipinski definition) is 5. The normalized spacial score (nSPS) is 11.9. The topological polar surface area (TPSA) is 89.7 Å². The summed E-state index contributed by atoms with van der Waals surface area (Å²) < 4.78 is 4.61. The lowest BCUT2D eigenvalue weighted by Gasteiger charge is -2.04. The summed E-state index contributed by atoms with van der Waals surface area (Å²) in [6.07, 6.45) is -0.859. The molecule has 0 amide bonds. The van der Waals surface area contributed by atoms with Gasteiger partial charge in [0.15, 0.2) is 6.61 Å². The molecule has 1 aromatic carbocycles. The van der Waals surface area contributed by atoms with E-state index in [0.717, 1.165) is 6.61 Å². The van der Waals surface area contributed by atoms with Crippen molar-refractivity contribution in [2.75, 3.05) is 0 Å². The third kappa shape index (κ3) is 3.32. The van der Waals surface area contributed by atoms with Gasteiger partial charge in [-0.3, -0.25) is 10.1 Å². The van der Waals surface area contributed by atoms with E-state index >= 15 is 0 Å². The maximum atomic E-state index is 11.3. The van der Waals surface area contributed by atoms with Crippen molar-refractivity contribution in [3.8, 4) is 0 Å². The maximum absolute atomic E-state index is 11.3. The fraction of sp³-hybridized carbons (Fsp3) is 0.200. The Labute approximate surface area is 91.6 Å². The van der Waals surface area contributed by atoms with E-state index in [1.165, 1.54) is 31.2 Å². The van der Waals surface area contributed by atoms with Gasteiger partial charge in [0.2, 0.25) is 0 Å². The molecule has 0 aromatic heterocycles. The first-order valence-electron chi connectivity index (χ1n) is 4.47. The average molecular weight is 224 g/mol. The first-order valence-corrected chi connectivity index (χ1v) is 4.47. The lowest BCUT2D eigenvalue weighted by molar-refractivity contribution is -0.384. The third-order valence-electron chi connectivity index (χ3n) is 1.69. The van der Waals surface area contributed by atoms with Crippen molar-refractivity contribution in [3.63, 3.8) is 0 Å². The number of ether oxygens (including phenoxy) is 1. The Morgan fingerprint density at radius 3 is 2.50 bits per heavy atom. The van der Waals surface area contributed by atoms with Crippen LogP contribution in [0.25, 0.3) is 0 Å². The number of hydrogen-bond donors (Lipinski definition) is 1. The summed E-state index contributed by atoms with van der Waals surface area (Å²) in [5.74, 6) is -0.671. The summed E-state index contributed by atoms with van der Waals surface area (Å²) in [4.78, 5) is 21.1. The zero-order valence-corrected chi connectivity index (χ0v) is 8.49. The van der Waals surface area contributed by atoms with Gasteiger partial charge >= 0.3 is 5.97 Å². The number of nitro benzene ring substituents is 1. The van der Waals surface area contributed by atoms with Gasteiger partial charge in [0, 0.05) is 12.1 Å². The zero-order valence-electron chi connectivity index (χ0n) is 8.49. The highest BCUT2D eigenvalue weighted by atomic mass is 16.6. The van der Waals surface area contributed by atoms with Crippen molar-refractivity contribution in [3.05, 3.63) is 46.6 Å². The molecule has 0 bridgehead atoms. The first kappa shape index (κ1) is 12.1. The Balaban J connectivity index is 2.67. The van der Waals surface area contributed by atoms with Gasteiger partial charge in [-0.05, 0) is 19.1 Å². The smallest absolute Gasteiger partial charge is 0.338 e. The van der Waals surface area contributed by atoms with Crippen LogP contribution in [0.4, 0.5) is 5.69 Å². The summed E-state index contributed by atoms with van der Waals surface area (Å²) in [5.41, 5.74) is 0.0820. The highest BCUT2D eigenvalue weighted by Crippen LogP contribution is 2.13. The van der Waals surface area contributed by atoms with Gasteiger partial charge in [0.05, 0.1) is 16.6 Å². The number of aliphatic hydroxyl groups is 1. The summed E-state index contributed by atoms with van der Waals surface area (Å²) in [7, 11) is 0. The van der Waals surface area contributed by atoms with Crippen molar-refractivity contribution in [1.29, 1.82) is 0 Å². The summed E-state index contributed by atoms with van der Waals surface area (Å²) in [6, 6.07) is 4.99. The van der Waals surface area contributed by atoms with Crippen molar-refractivity contribution >= 4 is 11.7 Å². The third-order valence-corrected chi connectivity index (χ3v) is 1.69. The SMILES string of the molecule is CC(O)[CH]OC(=O)c1ccc([N+](=O)[O-])cc1. The molecule has 16 heavy (non-hydrogen) atoms. The van der Waals surface area contributed by atoms with Gasteiger partial charge in [-0.2, -0.15) is 0 Å². The lowest BCUT2D eigenvalue weighted by Crippen LogP contribution is -2.10. The quantitative estimate of drug-likeness (QED) is 0.473. The van der Waals surface area contributed by atoms with E-state index in [-0.39, 0.29) is 11.3 Å². The summed E-state index contributed by atoms with van der Waals surface area (Å²) in [6.45, 7) is 2.41. The number of aliphatic hydroxyl groups excluding tert-OH is 1. The van der Waals surface area contributed by atoms with E-state index in [1.807, 2.05) is 0 Å². The fourth-order valence-electron chi connectivity index (χ4n) is 0.948. The van der Waals surface area contributed by atoms with E-state index in [0.29, 0.717) is 0 Å². The molecule has 0 aliphatic rings. The number of carbonyl (C=O) groups is 1. The van der Waals surface area contributed by atoms with Gasteiger partial charge < -0.3 is 9.84 Å². The molecule has 85 valence electrons. The van der Waals surface area contributed by atoms with E-state index in [9.17, 15) is 14.9 Å². The molecule has 0 aliphatic carbocycles. The van der Waals surface area contributed by atoms with E-state index < -0.39 is 17.0 Å². The Morgan fingerprint density at radius 2 is 2.06 bits per heavy atom. The molecule has 0 saturated heterocycles. The van der Waals surface area contributed by atoms with Crippen LogP contribution in [0.1, 0.15) is 17.3 Å². The second-order valence-electron chi connectivity index (χ2n) is 3.09. The molecular weight excluding hydrogens is 214 g/mol. The predicted molar refractivity (Wildman–Crippen MR) is 54.5 cm³/mol. The molecule has 0 saturated carbocycles.